The van der Waals surface area contributed by atoms with E-state index < -0.39 is 0 Å². The van der Waals surface area contributed by atoms with Crippen molar-refractivity contribution in [2.75, 3.05) is 24.7 Å². The lowest BCUT2D eigenvalue weighted by Crippen LogP contribution is -2.24. The minimum atomic E-state index is -0.0391. The van der Waals surface area contributed by atoms with E-state index in [1.54, 1.807) is 29.8 Å². The van der Waals surface area contributed by atoms with E-state index in [9.17, 15) is 9.59 Å². The van der Waals surface area contributed by atoms with Crippen LogP contribution in [-0.2, 0) is 16.1 Å². The average molecular weight is 381 g/mol. The van der Waals surface area contributed by atoms with Crippen molar-refractivity contribution in [3.8, 4) is 0 Å². The van der Waals surface area contributed by atoms with Gasteiger partial charge in [0, 0.05) is 43.2 Å². The van der Waals surface area contributed by atoms with Gasteiger partial charge in [-0.25, -0.2) is 0 Å². The van der Waals surface area contributed by atoms with Crippen LogP contribution in [0.3, 0.4) is 0 Å². The van der Waals surface area contributed by atoms with E-state index in [0.717, 1.165) is 29.8 Å². The van der Waals surface area contributed by atoms with Gasteiger partial charge in [0.2, 0.25) is 11.8 Å². The molecule has 1 fully saturated rings. The molecule has 0 bridgehead atoms. The highest BCUT2D eigenvalue weighted by Gasteiger charge is 2.21. The molecular formula is C22H24N2O2S. The van der Waals surface area contributed by atoms with Crippen molar-refractivity contribution >= 4 is 35.3 Å². The van der Waals surface area contributed by atoms with Gasteiger partial charge in [-0.15, -0.1) is 11.8 Å². The molecule has 0 radical (unpaired) electrons. The highest BCUT2D eigenvalue weighted by Crippen LogP contribution is 2.22. The molecule has 0 unspecified atom stereocenters. The maximum Gasteiger partial charge on any atom is 0.246 e. The first-order valence-electron chi connectivity index (χ1n) is 9.03. The normalized spacial score (nSPS) is 14.1. The topological polar surface area (TPSA) is 40.6 Å². The second-order valence-corrected chi connectivity index (χ2v) is 7.50. The number of hydrogen-bond acceptors (Lipinski definition) is 3. The molecule has 0 aromatic heterocycles. The highest BCUT2D eigenvalue weighted by molar-refractivity contribution is 7.98. The second kappa shape index (κ2) is 8.91. The Balaban J connectivity index is 1.57. The summed E-state index contributed by atoms with van der Waals surface area (Å²) >= 11 is 1.70. The molecule has 140 valence electrons. The third kappa shape index (κ3) is 5.01. The lowest BCUT2D eigenvalue weighted by atomic mass is 10.1. The Bertz CT molecular complexity index is 828. The Morgan fingerprint density at radius 2 is 1.85 bits per heavy atom. The van der Waals surface area contributed by atoms with Crippen LogP contribution < -0.4 is 4.90 Å². The van der Waals surface area contributed by atoms with Gasteiger partial charge in [0.15, 0.2) is 0 Å². The van der Waals surface area contributed by atoms with Gasteiger partial charge in [-0.3, -0.25) is 9.59 Å². The molecule has 0 spiro atoms. The van der Waals surface area contributed by atoms with Crippen LogP contribution in [0, 0.1) is 0 Å². The Kier molecular flexibility index (Phi) is 6.35. The van der Waals surface area contributed by atoms with Gasteiger partial charge in [-0.1, -0.05) is 24.3 Å². The molecule has 1 heterocycles. The average Bonchev–Trinajstić information content (AvgIpc) is 3.13. The smallest absolute Gasteiger partial charge is 0.246 e. The van der Waals surface area contributed by atoms with E-state index in [2.05, 4.69) is 24.3 Å². The van der Waals surface area contributed by atoms with E-state index in [-0.39, 0.29) is 11.8 Å². The van der Waals surface area contributed by atoms with Gasteiger partial charge >= 0.3 is 0 Å². The maximum absolute atomic E-state index is 12.3. The zero-order chi connectivity index (χ0) is 19.2. The Labute approximate surface area is 164 Å². The van der Waals surface area contributed by atoms with Gasteiger partial charge in [0.25, 0.3) is 0 Å². The summed E-state index contributed by atoms with van der Waals surface area (Å²) in [5.41, 5.74) is 2.97. The van der Waals surface area contributed by atoms with Crippen LogP contribution in [-0.4, -0.2) is 36.6 Å². The lowest BCUT2D eigenvalue weighted by Gasteiger charge is -2.16. The van der Waals surface area contributed by atoms with E-state index in [4.69, 9.17) is 0 Å². The molecule has 2 aromatic rings. The summed E-state index contributed by atoms with van der Waals surface area (Å²) in [5.74, 6) is 0.142. The first-order chi connectivity index (χ1) is 13.1. The lowest BCUT2D eigenvalue weighted by molar-refractivity contribution is -0.125. The summed E-state index contributed by atoms with van der Waals surface area (Å²) in [5, 5.41) is 0. The Hall–Kier alpha value is -2.53. The van der Waals surface area contributed by atoms with Crippen LogP contribution in [0.15, 0.2) is 59.5 Å². The second-order valence-electron chi connectivity index (χ2n) is 6.62. The first-order valence-corrected chi connectivity index (χ1v) is 10.3. The van der Waals surface area contributed by atoms with Gasteiger partial charge < -0.3 is 9.80 Å². The van der Waals surface area contributed by atoms with Crippen LogP contribution in [0.1, 0.15) is 24.0 Å². The molecule has 1 saturated heterocycles. The number of hydrogen-bond donors (Lipinski definition) is 0. The fraction of sp³-hybridized carbons (Fsp3) is 0.273. The number of benzene rings is 2. The monoisotopic (exact) mass is 380 g/mol. The van der Waals surface area contributed by atoms with Crippen molar-refractivity contribution in [1.82, 2.24) is 4.90 Å². The van der Waals surface area contributed by atoms with Crippen LogP contribution in [0.25, 0.3) is 6.08 Å². The molecular weight excluding hydrogens is 356 g/mol. The minimum Gasteiger partial charge on any atom is -0.338 e. The summed E-state index contributed by atoms with van der Waals surface area (Å²) in [4.78, 5) is 28.9. The van der Waals surface area contributed by atoms with Crippen LogP contribution in [0.4, 0.5) is 5.69 Å². The predicted octanol–water partition coefficient (Wildman–Crippen LogP) is 4.21. The predicted molar refractivity (Wildman–Crippen MR) is 112 cm³/mol. The number of rotatable bonds is 6. The summed E-state index contributed by atoms with van der Waals surface area (Å²) in [7, 11) is 1.80. The third-order valence-electron chi connectivity index (χ3n) is 4.65. The van der Waals surface area contributed by atoms with Crippen molar-refractivity contribution in [3.05, 3.63) is 65.7 Å². The number of anilines is 1. The van der Waals surface area contributed by atoms with Gasteiger partial charge in [0.05, 0.1) is 0 Å². The van der Waals surface area contributed by atoms with Crippen LogP contribution in [0.5, 0.6) is 0 Å². The Morgan fingerprint density at radius 3 is 2.44 bits per heavy atom. The summed E-state index contributed by atoms with van der Waals surface area (Å²) in [6.07, 6.45) is 6.99. The number of carbonyl (C=O) groups excluding carboxylic acids is 2. The Morgan fingerprint density at radius 1 is 1.15 bits per heavy atom. The zero-order valence-corrected chi connectivity index (χ0v) is 16.5. The van der Waals surface area contributed by atoms with Gasteiger partial charge in [-0.2, -0.15) is 0 Å². The molecule has 4 nitrogen and oxygen atoms in total. The van der Waals surface area contributed by atoms with Crippen molar-refractivity contribution in [3.63, 3.8) is 0 Å². The van der Waals surface area contributed by atoms with Crippen molar-refractivity contribution in [2.24, 2.45) is 0 Å². The summed E-state index contributed by atoms with van der Waals surface area (Å²) in [6, 6.07) is 16.0. The number of nitrogens with zero attached hydrogens (tertiary/aromatic N) is 2. The quantitative estimate of drug-likeness (QED) is 0.557. The largest absolute Gasteiger partial charge is 0.338 e. The van der Waals surface area contributed by atoms with Crippen molar-refractivity contribution in [1.29, 1.82) is 0 Å². The SMILES string of the molecule is CSc1ccc(CN(C)C(=O)/C=C/c2ccc(N3CCCC3=O)cc2)cc1. The van der Waals surface area contributed by atoms with E-state index in [1.807, 2.05) is 41.5 Å². The van der Waals surface area contributed by atoms with Crippen molar-refractivity contribution < 1.29 is 9.59 Å². The molecule has 2 aromatic carbocycles. The van der Waals surface area contributed by atoms with Crippen LogP contribution >= 0.6 is 11.8 Å². The molecule has 0 N–H and O–H groups in total. The molecule has 0 atom stereocenters. The number of likely N-dealkylation sites (N-methyl/N-ethyl adjacent to an activating group) is 1. The standard InChI is InChI=1S/C22H24N2O2S/c1-23(16-18-7-12-20(27-2)13-8-18)21(25)14-9-17-5-10-19(11-6-17)24-15-3-4-22(24)26/h5-14H,3-4,15-16H2,1-2H3/b14-9+. The van der Waals surface area contributed by atoms with E-state index in [1.165, 1.54) is 4.90 Å². The molecule has 0 saturated carbocycles. The van der Waals surface area contributed by atoms with Crippen LogP contribution in [0.2, 0.25) is 0 Å². The van der Waals surface area contributed by atoms with E-state index >= 15 is 0 Å². The number of amides is 2. The fourth-order valence-electron chi connectivity index (χ4n) is 3.06. The third-order valence-corrected chi connectivity index (χ3v) is 5.40. The summed E-state index contributed by atoms with van der Waals surface area (Å²) < 4.78 is 0. The number of carbonyl (C=O) groups is 2. The number of thioether (sulfide) groups is 1. The molecule has 1 aliphatic rings. The molecule has 0 aliphatic carbocycles. The molecule has 2 amide bonds. The molecule has 3 rings (SSSR count). The highest BCUT2D eigenvalue weighted by atomic mass is 32.2. The maximum atomic E-state index is 12.3. The minimum absolute atomic E-state index is 0.0391. The zero-order valence-electron chi connectivity index (χ0n) is 15.7. The van der Waals surface area contributed by atoms with Gasteiger partial charge in [0.1, 0.15) is 0 Å². The fourth-order valence-corrected chi connectivity index (χ4v) is 3.47. The van der Waals surface area contributed by atoms with Gasteiger partial charge in [-0.05, 0) is 54.1 Å². The van der Waals surface area contributed by atoms with E-state index in [0.29, 0.717) is 13.0 Å². The molecule has 27 heavy (non-hydrogen) atoms. The van der Waals surface area contributed by atoms with Crippen molar-refractivity contribution in [2.45, 2.75) is 24.3 Å². The summed E-state index contributed by atoms with van der Waals surface area (Å²) in [6.45, 7) is 1.36. The molecule has 5 heteroatoms. The first kappa shape index (κ1) is 19.2. The molecule has 1 aliphatic heterocycles.